The molecule has 2 heteroatoms. The third-order valence-electron chi connectivity index (χ3n) is 2.96. The number of hydrogen-bond donors (Lipinski definition) is 1. The van der Waals surface area contributed by atoms with E-state index in [9.17, 15) is 0 Å². The van der Waals surface area contributed by atoms with Gasteiger partial charge < -0.3 is 10.6 Å². The summed E-state index contributed by atoms with van der Waals surface area (Å²) in [6, 6.07) is 6.70. The van der Waals surface area contributed by atoms with Crippen molar-refractivity contribution < 1.29 is 0 Å². The fourth-order valence-corrected chi connectivity index (χ4v) is 2.22. The average molecular weight is 234 g/mol. The van der Waals surface area contributed by atoms with E-state index < -0.39 is 0 Å². The molecule has 0 amide bonds. The second kappa shape index (κ2) is 6.65. The summed E-state index contributed by atoms with van der Waals surface area (Å²) in [5, 5.41) is 0. The van der Waals surface area contributed by atoms with Crippen LogP contribution < -0.4 is 10.6 Å². The first-order valence-electron chi connectivity index (χ1n) is 6.63. The predicted octanol–water partition coefficient (Wildman–Crippen LogP) is 2.98. The maximum absolute atomic E-state index is 5.70. The van der Waals surface area contributed by atoms with Crippen LogP contribution in [0.1, 0.15) is 31.9 Å². The highest BCUT2D eigenvalue weighted by atomic mass is 15.1. The second-order valence-corrected chi connectivity index (χ2v) is 5.10. The van der Waals surface area contributed by atoms with Crippen molar-refractivity contribution in [2.45, 2.75) is 34.1 Å². The van der Waals surface area contributed by atoms with Crippen LogP contribution >= 0.6 is 0 Å². The van der Waals surface area contributed by atoms with E-state index in [1.807, 2.05) is 0 Å². The zero-order valence-corrected chi connectivity index (χ0v) is 11.7. The SMILES string of the molecule is CCN(CC(C)C)c1ccc(C)cc1CCN. The highest BCUT2D eigenvalue weighted by Crippen LogP contribution is 2.23. The zero-order valence-electron chi connectivity index (χ0n) is 11.7. The first-order valence-corrected chi connectivity index (χ1v) is 6.63. The average Bonchev–Trinajstić information content (AvgIpc) is 2.27. The standard InChI is InChI=1S/C15H26N2/c1-5-17(11-12(2)3)15-7-6-13(4)10-14(15)8-9-16/h6-7,10,12H,5,8-9,11,16H2,1-4H3. The van der Waals surface area contributed by atoms with Crippen LogP contribution in [0.3, 0.4) is 0 Å². The number of anilines is 1. The van der Waals surface area contributed by atoms with Crippen molar-refractivity contribution in [1.29, 1.82) is 0 Å². The number of nitrogens with two attached hydrogens (primary N) is 1. The molecule has 0 saturated heterocycles. The van der Waals surface area contributed by atoms with Crippen molar-refractivity contribution in [2.75, 3.05) is 24.5 Å². The topological polar surface area (TPSA) is 29.3 Å². The molecule has 0 radical (unpaired) electrons. The molecule has 0 aliphatic carbocycles. The molecule has 0 bridgehead atoms. The van der Waals surface area contributed by atoms with Gasteiger partial charge in [0, 0.05) is 18.8 Å². The summed E-state index contributed by atoms with van der Waals surface area (Å²) in [6.45, 7) is 11.8. The van der Waals surface area contributed by atoms with Crippen molar-refractivity contribution in [3.8, 4) is 0 Å². The van der Waals surface area contributed by atoms with Crippen molar-refractivity contribution in [3.05, 3.63) is 29.3 Å². The van der Waals surface area contributed by atoms with E-state index in [0.29, 0.717) is 5.92 Å². The van der Waals surface area contributed by atoms with E-state index in [0.717, 1.165) is 26.1 Å². The smallest absolute Gasteiger partial charge is 0.0399 e. The second-order valence-electron chi connectivity index (χ2n) is 5.10. The van der Waals surface area contributed by atoms with Crippen LogP contribution in [0.2, 0.25) is 0 Å². The third-order valence-corrected chi connectivity index (χ3v) is 2.96. The Morgan fingerprint density at radius 3 is 2.53 bits per heavy atom. The summed E-state index contributed by atoms with van der Waals surface area (Å²) in [4.78, 5) is 2.45. The van der Waals surface area contributed by atoms with Gasteiger partial charge in [0.25, 0.3) is 0 Å². The lowest BCUT2D eigenvalue weighted by molar-refractivity contribution is 0.617. The van der Waals surface area contributed by atoms with Gasteiger partial charge in [-0.2, -0.15) is 0 Å². The van der Waals surface area contributed by atoms with E-state index in [2.05, 4.69) is 50.8 Å². The van der Waals surface area contributed by atoms with Gasteiger partial charge in [-0.15, -0.1) is 0 Å². The molecule has 1 rings (SSSR count). The summed E-state index contributed by atoms with van der Waals surface area (Å²) in [6.07, 6.45) is 0.964. The van der Waals surface area contributed by atoms with Gasteiger partial charge >= 0.3 is 0 Å². The van der Waals surface area contributed by atoms with Gasteiger partial charge in [0.15, 0.2) is 0 Å². The van der Waals surface area contributed by atoms with Crippen LogP contribution in [0, 0.1) is 12.8 Å². The summed E-state index contributed by atoms with van der Waals surface area (Å²) in [5.74, 6) is 0.682. The highest BCUT2D eigenvalue weighted by molar-refractivity contribution is 5.55. The van der Waals surface area contributed by atoms with E-state index in [-0.39, 0.29) is 0 Å². The molecule has 0 aromatic heterocycles. The molecular formula is C15H26N2. The first-order chi connectivity index (χ1) is 8.08. The van der Waals surface area contributed by atoms with Crippen molar-refractivity contribution in [1.82, 2.24) is 0 Å². The van der Waals surface area contributed by atoms with Gasteiger partial charge in [0.05, 0.1) is 0 Å². The Bertz CT molecular complexity index is 345. The molecule has 1 aromatic rings. The molecule has 0 fully saturated rings. The monoisotopic (exact) mass is 234 g/mol. The van der Waals surface area contributed by atoms with Gasteiger partial charge in [-0.05, 0) is 44.4 Å². The van der Waals surface area contributed by atoms with Gasteiger partial charge in [0.2, 0.25) is 0 Å². The van der Waals surface area contributed by atoms with Crippen LogP contribution in [-0.4, -0.2) is 19.6 Å². The molecule has 2 N–H and O–H groups in total. The lowest BCUT2D eigenvalue weighted by Crippen LogP contribution is -2.28. The Balaban J connectivity index is 3.00. The molecular weight excluding hydrogens is 208 g/mol. The summed E-state index contributed by atoms with van der Waals surface area (Å²) < 4.78 is 0. The molecule has 0 spiro atoms. The number of nitrogens with zero attached hydrogens (tertiary/aromatic N) is 1. The zero-order chi connectivity index (χ0) is 12.8. The Labute approximate surface area is 106 Å². The van der Waals surface area contributed by atoms with Gasteiger partial charge in [-0.3, -0.25) is 0 Å². The Hall–Kier alpha value is -1.02. The number of benzene rings is 1. The van der Waals surface area contributed by atoms with E-state index in [4.69, 9.17) is 5.73 Å². The van der Waals surface area contributed by atoms with Gasteiger partial charge in [-0.1, -0.05) is 31.5 Å². The number of hydrogen-bond acceptors (Lipinski definition) is 2. The van der Waals surface area contributed by atoms with E-state index in [1.54, 1.807) is 0 Å². The van der Waals surface area contributed by atoms with Gasteiger partial charge in [-0.25, -0.2) is 0 Å². The fraction of sp³-hybridized carbons (Fsp3) is 0.600. The van der Waals surface area contributed by atoms with Crippen LogP contribution in [0.4, 0.5) is 5.69 Å². The summed E-state index contributed by atoms with van der Waals surface area (Å²) in [5.41, 5.74) is 9.76. The number of aryl methyl sites for hydroxylation is 1. The van der Waals surface area contributed by atoms with Crippen molar-refractivity contribution in [3.63, 3.8) is 0 Å². The first kappa shape index (κ1) is 14.0. The summed E-state index contributed by atoms with van der Waals surface area (Å²) >= 11 is 0. The van der Waals surface area contributed by atoms with Crippen LogP contribution in [0.15, 0.2) is 18.2 Å². The lowest BCUT2D eigenvalue weighted by atomic mass is 10.0. The molecule has 17 heavy (non-hydrogen) atoms. The molecule has 0 heterocycles. The minimum absolute atomic E-state index is 0.682. The molecule has 1 aromatic carbocycles. The Kier molecular flexibility index (Phi) is 5.49. The Morgan fingerprint density at radius 2 is 2.00 bits per heavy atom. The van der Waals surface area contributed by atoms with Gasteiger partial charge in [0.1, 0.15) is 0 Å². The lowest BCUT2D eigenvalue weighted by Gasteiger charge is -2.27. The molecule has 0 unspecified atom stereocenters. The maximum Gasteiger partial charge on any atom is 0.0399 e. The third kappa shape index (κ3) is 4.04. The Morgan fingerprint density at radius 1 is 1.29 bits per heavy atom. The minimum atomic E-state index is 0.682. The van der Waals surface area contributed by atoms with Crippen LogP contribution in [-0.2, 0) is 6.42 Å². The van der Waals surface area contributed by atoms with E-state index in [1.165, 1.54) is 16.8 Å². The molecule has 0 saturated carbocycles. The van der Waals surface area contributed by atoms with Crippen molar-refractivity contribution in [2.24, 2.45) is 11.7 Å². The van der Waals surface area contributed by atoms with Crippen molar-refractivity contribution >= 4 is 5.69 Å². The fourth-order valence-electron chi connectivity index (χ4n) is 2.22. The van der Waals surface area contributed by atoms with E-state index >= 15 is 0 Å². The normalized spacial score (nSPS) is 10.9. The van der Waals surface area contributed by atoms with Crippen LogP contribution in [0.5, 0.6) is 0 Å². The minimum Gasteiger partial charge on any atom is -0.371 e. The quantitative estimate of drug-likeness (QED) is 0.820. The van der Waals surface area contributed by atoms with Crippen LogP contribution in [0.25, 0.3) is 0 Å². The molecule has 2 nitrogen and oxygen atoms in total. The summed E-state index contributed by atoms with van der Waals surface area (Å²) in [7, 11) is 0. The molecule has 0 aliphatic rings. The largest absolute Gasteiger partial charge is 0.371 e. The molecule has 0 aliphatic heterocycles. The number of rotatable bonds is 6. The molecule has 96 valence electrons. The predicted molar refractivity (Wildman–Crippen MR) is 76.7 cm³/mol. The molecule has 0 atom stereocenters. The maximum atomic E-state index is 5.70. The highest BCUT2D eigenvalue weighted by Gasteiger charge is 2.10.